The van der Waals surface area contributed by atoms with E-state index in [1.165, 1.54) is 11.5 Å². The number of hydrazone groups is 1. The molecule has 0 spiro atoms. The maximum Gasteiger partial charge on any atom is 0.167 e. The van der Waals surface area contributed by atoms with Gasteiger partial charge in [0.1, 0.15) is 16.6 Å². The second-order valence-electron chi connectivity index (χ2n) is 7.72. The fraction of sp³-hybridized carbons (Fsp3) is 0.400. The molecule has 1 unspecified atom stereocenters. The van der Waals surface area contributed by atoms with Gasteiger partial charge in [-0.05, 0) is 42.9 Å². The maximum absolute atomic E-state index is 6.22. The molecule has 1 fully saturated rings. The van der Waals surface area contributed by atoms with Gasteiger partial charge in [0.05, 0.1) is 18.1 Å². The van der Waals surface area contributed by atoms with Crippen molar-refractivity contribution in [1.29, 1.82) is 0 Å². The number of aryl methyl sites for hydroxylation is 1. The molecule has 1 aliphatic rings. The van der Waals surface area contributed by atoms with Crippen LogP contribution in [0.15, 0.2) is 30.0 Å². The summed E-state index contributed by atoms with van der Waals surface area (Å²) in [5.74, 6) is 1.70. The molecule has 10 heteroatoms. The van der Waals surface area contributed by atoms with Crippen molar-refractivity contribution >= 4 is 45.6 Å². The second kappa shape index (κ2) is 8.41. The number of piperidine rings is 1. The van der Waals surface area contributed by atoms with Crippen LogP contribution in [-0.4, -0.2) is 63.4 Å². The zero-order chi connectivity index (χ0) is 21.3. The molecule has 1 atom stereocenters. The Morgan fingerprint density at radius 3 is 2.97 bits per heavy atom. The number of nitrogens with one attached hydrogen (secondary N) is 1. The number of anilines is 3. The number of rotatable bonds is 6. The minimum absolute atomic E-state index is 0.156. The largest absolute Gasteiger partial charge is 0.355 e. The highest BCUT2D eigenvalue weighted by atomic mass is 32.1. The highest BCUT2D eigenvalue weighted by molar-refractivity contribution is 7.10. The third kappa shape index (κ3) is 4.29. The molecule has 3 N–H and O–H groups in total. The molecule has 4 rings (SSSR count). The Hall–Kier alpha value is -2.98. The molecule has 3 aromatic rings. The molecule has 0 aromatic carbocycles. The van der Waals surface area contributed by atoms with Crippen molar-refractivity contribution in [2.75, 3.05) is 37.4 Å². The van der Waals surface area contributed by atoms with E-state index in [1.54, 1.807) is 21.9 Å². The fourth-order valence-corrected chi connectivity index (χ4v) is 4.12. The van der Waals surface area contributed by atoms with Crippen LogP contribution < -0.4 is 16.0 Å². The highest BCUT2D eigenvalue weighted by Crippen LogP contribution is 2.29. The van der Waals surface area contributed by atoms with Crippen molar-refractivity contribution in [3.8, 4) is 0 Å². The van der Waals surface area contributed by atoms with E-state index >= 15 is 0 Å². The molecule has 4 heterocycles. The predicted molar refractivity (Wildman–Crippen MR) is 124 cm³/mol. The topological polar surface area (TPSA) is 100.0 Å². The molecule has 0 amide bonds. The molecule has 3 aromatic heterocycles. The van der Waals surface area contributed by atoms with Gasteiger partial charge < -0.3 is 21.0 Å². The lowest BCUT2D eigenvalue weighted by molar-refractivity contribution is 0.441. The number of allylic oxidation sites excluding steroid dienone is 1. The molecule has 1 aliphatic heterocycles. The average molecular weight is 426 g/mol. The Kier molecular flexibility index (Phi) is 5.69. The molecular formula is C20H27N9S. The minimum atomic E-state index is 0.156. The fourth-order valence-electron chi connectivity index (χ4n) is 3.45. The summed E-state index contributed by atoms with van der Waals surface area (Å²) in [6, 6.07) is 4.19. The second-order valence-corrected chi connectivity index (χ2v) is 8.52. The predicted octanol–water partition coefficient (Wildman–Crippen LogP) is 2.73. The van der Waals surface area contributed by atoms with Crippen LogP contribution in [0.4, 0.5) is 16.6 Å². The monoisotopic (exact) mass is 425 g/mol. The lowest BCUT2D eigenvalue weighted by Gasteiger charge is -2.32. The van der Waals surface area contributed by atoms with Crippen LogP contribution in [0.1, 0.15) is 24.1 Å². The number of fused-ring (bicyclic) bond motifs is 1. The first kappa shape index (κ1) is 20.3. The van der Waals surface area contributed by atoms with Gasteiger partial charge in [0.15, 0.2) is 5.65 Å². The van der Waals surface area contributed by atoms with Gasteiger partial charge in [0, 0.05) is 44.9 Å². The van der Waals surface area contributed by atoms with Gasteiger partial charge in [0.2, 0.25) is 0 Å². The molecule has 0 radical (unpaired) electrons. The van der Waals surface area contributed by atoms with Crippen molar-refractivity contribution in [1.82, 2.24) is 24.0 Å². The summed E-state index contributed by atoms with van der Waals surface area (Å²) in [6.07, 6.45) is 5.60. The van der Waals surface area contributed by atoms with Crippen LogP contribution in [0, 0.1) is 6.92 Å². The number of hydrogen-bond donors (Lipinski definition) is 2. The maximum atomic E-state index is 6.22. The molecular weight excluding hydrogens is 398 g/mol. The first-order valence-electron chi connectivity index (χ1n) is 9.91. The van der Waals surface area contributed by atoms with Gasteiger partial charge in [-0.25, -0.2) is 4.98 Å². The Morgan fingerprint density at radius 1 is 1.43 bits per heavy atom. The van der Waals surface area contributed by atoms with E-state index < -0.39 is 0 Å². The number of hydrogen-bond acceptors (Lipinski definition) is 9. The molecule has 0 bridgehead atoms. The van der Waals surface area contributed by atoms with Gasteiger partial charge in [-0.15, -0.1) is 0 Å². The van der Waals surface area contributed by atoms with Gasteiger partial charge in [-0.3, -0.25) is 0 Å². The summed E-state index contributed by atoms with van der Waals surface area (Å²) in [5.41, 5.74) is 9.51. The van der Waals surface area contributed by atoms with E-state index in [0.717, 1.165) is 65.0 Å². The summed E-state index contributed by atoms with van der Waals surface area (Å²) in [5, 5.41) is 15.0. The third-order valence-electron chi connectivity index (χ3n) is 4.91. The van der Waals surface area contributed by atoms with E-state index in [9.17, 15) is 0 Å². The molecule has 0 aliphatic carbocycles. The van der Waals surface area contributed by atoms with Gasteiger partial charge in [-0.2, -0.15) is 19.1 Å². The zero-order valence-electron chi connectivity index (χ0n) is 17.5. The van der Waals surface area contributed by atoms with Crippen molar-refractivity contribution in [2.24, 2.45) is 10.8 Å². The van der Waals surface area contributed by atoms with Crippen molar-refractivity contribution in [2.45, 2.75) is 25.8 Å². The lowest BCUT2D eigenvalue weighted by atomic mass is 10.1. The smallest absolute Gasteiger partial charge is 0.167 e. The third-order valence-corrected chi connectivity index (χ3v) is 5.71. The van der Waals surface area contributed by atoms with Crippen molar-refractivity contribution in [3.63, 3.8) is 0 Å². The van der Waals surface area contributed by atoms with Crippen LogP contribution in [0.25, 0.3) is 11.2 Å². The summed E-state index contributed by atoms with van der Waals surface area (Å²) < 4.78 is 6.16. The summed E-state index contributed by atoms with van der Waals surface area (Å²) in [4.78, 5) is 7.17. The quantitative estimate of drug-likeness (QED) is 0.463. The molecule has 9 nitrogen and oxygen atoms in total. The van der Waals surface area contributed by atoms with Gasteiger partial charge in [-0.1, -0.05) is 6.58 Å². The first-order valence-corrected chi connectivity index (χ1v) is 10.7. The standard InChI is InChI=1S/C20H27N9S/c1-13(10-22-27(3)4)16-11-23-29-18(24-19-8-14(2)26-30-19)9-17(25-20(16)29)28-7-5-6-15(21)12-28/h8-11,15,24H,1,5-7,12,21H2,2-4H3/b22-10-. The Labute approximate surface area is 180 Å². The van der Waals surface area contributed by atoms with Gasteiger partial charge >= 0.3 is 0 Å². The number of nitrogens with zero attached hydrogens (tertiary/aromatic N) is 7. The SMILES string of the molecule is C=C(/C=N\N(C)C)c1cnn2c(Nc3cc(C)ns3)cc(N3CCCC(N)C3)nc12. The van der Waals surface area contributed by atoms with E-state index in [-0.39, 0.29) is 6.04 Å². The summed E-state index contributed by atoms with van der Waals surface area (Å²) >= 11 is 1.42. The number of nitrogens with two attached hydrogens (primary N) is 1. The van der Waals surface area contributed by atoms with Crippen molar-refractivity contribution < 1.29 is 0 Å². The van der Waals surface area contributed by atoms with Crippen LogP contribution in [0.5, 0.6) is 0 Å². The van der Waals surface area contributed by atoms with E-state index in [0.29, 0.717) is 0 Å². The van der Waals surface area contributed by atoms with Crippen LogP contribution in [0.2, 0.25) is 0 Å². The van der Waals surface area contributed by atoms with E-state index in [4.69, 9.17) is 10.7 Å². The summed E-state index contributed by atoms with van der Waals surface area (Å²) in [6.45, 7) is 7.86. The molecule has 30 heavy (non-hydrogen) atoms. The van der Waals surface area contributed by atoms with Crippen LogP contribution >= 0.6 is 11.5 Å². The van der Waals surface area contributed by atoms with Crippen molar-refractivity contribution in [3.05, 3.63) is 36.2 Å². The average Bonchev–Trinajstić information content (AvgIpc) is 3.32. The van der Waals surface area contributed by atoms with Crippen LogP contribution in [0.3, 0.4) is 0 Å². The zero-order valence-corrected chi connectivity index (χ0v) is 18.4. The Morgan fingerprint density at radius 2 is 2.27 bits per heavy atom. The van der Waals surface area contributed by atoms with Gasteiger partial charge in [0.25, 0.3) is 0 Å². The minimum Gasteiger partial charge on any atom is -0.355 e. The van der Waals surface area contributed by atoms with Crippen LogP contribution in [-0.2, 0) is 0 Å². The number of aromatic nitrogens is 4. The highest BCUT2D eigenvalue weighted by Gasteiger charge is 2.21. The van der Waals surface area contributed by atoms with E-state index in [2.05, 4.69) is 31.4 Å². The first-order chi connectivity index (χ1) is 14.4. The molecule has 1 saturated heterocycles. The molecule has 158 valence electrons. The van der Waals surface area contributed by atoms with E-state index in [1.807, 2.05) is 33.2 Å². The normalized spacial score (nSPS) is 17.1. The Balaban J connectivity index is 1.78. The summed E-state index contributed by atoms with van der Waals surface area (Å²) in [7, 11) is 3.74. The lowest BCUT2D eigenvalue weighted by Crippen LogP contribution is -2.43. The Bertz CT molecular complexity index is 1080. The molecule has 0 saturated carbocycles.